The molecule has 0 aliphatic carbocycles. The van der Waals surface area contributed by atoms with Gasteiger partial charge in [0.1, 0.15) is 5.38 Å². The van der Waals surface area contributed by atoms with Crippen LogP contribution in [-0.4, -0.2) is 34.8 Å². The van der Waals surface area contributed by atoms with E-state index >= 15 is 0 Å². The van der Waals surface area contributed by atoms with Gasteiger partial charge in [0.2, 0.25) is 5.91 Å². The number of nitrogens with one attached hydrogen (secondary N) is 1. The van der Waals surface area contributed by atoms with Gasteiger partial charge in [-0.05, 0) is 33.1 Å². The second kappa shape index (κ2) is 5.35. The third-order valence-corrected chi connectivity index (χ3v) is 2.85. The summed E-state index contributed by atoms with van der Waals surface area (Å²) in [5.74, 6) is -0.431. The first-order valence-corrected chi connectivity index (χ1v) is 5.71. The normalized spacial score (nSPS) is 23.4. The van der Waals surface area contributed by atoms with Crippen LogP contribution in [0, 0.1) is 0 Å². The van der Waals surface area contributed by atoms with Gasteiger partial charge in [-0.2, -0.15) is 0 Å². The number of halogens is 1. The largest absolute Gasteiger partial charge is 0.324 e. The van der Waals surface area contributed by atoms with Gasteiger partial charge in [-0.1, -0.05) is 0 Å². The fraction of sp³-hybridized carbons (Fsp3) is 0.800. The Balaban J connectivity index is 2.48. The zero-order chi connectivity index (χ0) is 11.4. The van der Waals surface area contributed by atoms with Crippen molar-refractivity contribution in [2.75, 3.05) is 6.54 Å². The van der Waals surface area contributed by atoms with E-state index in [1.807, 2.05) is 6.92 Å². The van der Waals surface area contributed by atoms with Gasteiger partial charge in [-0.25, -0.2) is 4.79 Å². The van der Waals surface area contributed by atoms with Crippen LogP contribution in [0.2, 0.25) is 0 Å². The summed E-state index contributed by atoms with van der Waals surface area (Å²) in [5, 5.41) is 1.62. The van der Waals surface area contributed by atoms with E-state index in [4.69, 9.17) is 11.6 Å². The summed E-state index contributed by atoms with van der Waals surface area (Å²) in [6.07, 6.45) is 3.14. The van der Waals surface area contributed by atoms with Gasteiger partial charge in [0, 0.05) is 12.6 Å². The van der Waals surface area contributed by atoms with Crippen molar-refractivity contribution in [2.45, 2.75) is 44.5 Å². The Labute approximate surface area is 95.0 Å². The number of carbonyl (C=O) groups is 2. The molecule has 1 rings (SSSR count). The summed E-state index contributed by atoms with van der Waals surface area (Å²) in [6.45, 7) is 4.26. The Morgan fingerprint density at radius 1 is 1.47 bits per heavy atom. The molecule has 0 aromatic heterocycles. The molecule has 86 valence electrons. The van der Waals surface area contributed by atoms with Crippen LogP contribution in [0.3, 0.4) is 0 Å². The van der Waals surface area contributed by atoms with Crippen LogP contribution in [0.25, 0.3) is 0 Å². The first-order valence-electron chi connectivity index (χ1n) is 5.28. The molecule has 5 heteroatoms. The molecular weight excluding hydrogens is 216 g/mol. The highest BCUT2D eigenvalue weighted by Gasteiger charge is 2.25. The molecule has 0 aromatic carbocycles. The topological polar surface area (TPSA) is 49.4 Å². The Morgan fingerprint density at radius 3 is 2.67 bits per heavy atom. The number of imide groups is 1. The monoisotopic (exact) mass is 232 g/mol. The highest BCUT2D eigenvalue weighted by atomic mass is 35.5. The second-order valence-corrected chi connectivity index (χ2v) is 4.60. The fourth-order valence-corrected chi connectivity index (χ4v) is 1.73. The van der Waals surface area contributed by atoms with Crippen molar-refractivity contribution in [1.29, 1.82) is 0 Å². The van der Waals surface area contributed by atoms with Crippen LogP contribution in [0.1, 0.15) is 33.1 Å². The van der Waals surface area contributed by atoms with Gasteiger partial charge < -0.3 is 4.90 Å². The third-order valence-electron chi connectivity index (χ3n) is 2.66. The third kappa shape index (κ3) is 3.38. The minimum atomic E-state index is -0.672. The molecule has 0 spiro atoms. The van der Waals surface area contributed by atoms with Crippen molar-refractivity contribution in [2.24, 2.45) is 0 Å². The second-order valence-electron chi connectivity index (χ2n) is 3.95. The molecule has 1 aliphatic rings. The predicted octanol–water partition coefficient (Wildman–Crippen LogP) is 1.72. The van der Waals surface area contributed by atoms with Crippen LogP contribution in [0.4, 0.5) is 4.79 Å². The standard InChI is InChI=1S/C10H17ClN2O2/c1-7-5-3-4-6-13(7)10(15)12-9(14)8(2)11/h7-8H,3-6H2,1-2H3,(H,12,14,15). The van der Waals surface area contributed by atoms with Crippen molar-refractivity contribution in [3.8, 4) is 0 Å². The minimum Gasteiger partial charge on any atom is -0.322 e. The van der Waals surface area contributed by atoms with E-state index < -0.39 is 11.3 Å². The Morgan fingerprint density at radius 2 is 2.13 bits per heavy atom. The highest BCUT2D eigenvalue weighted by Crippen LogP contribution is 2.16. The SMILES string of the molecule is CC(Cl)C(=O)NC(=O)N1CCCCC1C. The molecule has 2 atom stereocenters. The van der Waals surface area contributed by atoms with Crippen molar-refractivity contribution < 1.29 is 9.59 Å². The number of urea groups is 1. The van der Waals surface area contributed by atoms with Gasteiger partial charge >= 0.3 is 6.03 Å². The summed E-state index contributed by atoms with van der Waals surface area (Å²) in [6, 6.07) is -0.114. The van der Waals surface area contributed by atoms with E-state index in [1.165, 1.54) is 0 Å². The number of nitrogens with zero attached hydrogens (tertiary/aromatic N) is 1. The van der Waals surface area contributed by atoms with Crippen LogP contribution in [-0.2, 0) is 4.79 Å². The average molecular weight is 233 g/mol. The summed E-state index contributed by atoms with van der Waals surface area (Å²) < 4.78 is 0. The maximum Gasteiger partial charge on any atom is 0.324 e. The first-order chi connectivity index (χ1) is 7.02. The molecule has 2 unspecified atom stereocenters. The number of hydrogen-bond acceptors (Lipinski definition) is 2. The Hall–Kier alpha value is -0.770. The Bertz CT molecular complexity index is 256. The summed E-state index contributed by atoms with van der Waals surface area (Å²) in [4.78, 5) is 24.6. The maximum atomic E-state index is 11.7. The summed E-state index contributed by atoms with van der Waals surface area (Å²) in [5.41, 5.74) is 0. The molecule has 1 fully saturated rings. The molecule has 1 saturated heterocycles. The van der Waals surface area contributed by atoms with Crippen molar-refractivity contribution in [3.05, 3.63) is 0 Å². The summed E-state index contributed by atoms with van der Waals surface area (Å²) in [7, 11) is 0. The smallest absolute Gasteiger partial charge is 0.322 e. The lowest BCUT2D eigenvalue weighted by Gasteiger charge is -2.33. The first kappa shape index (κ1) is 12.3. The van der Waals surface area contributed by atoms with Gasteiger partial charge in [-0.3, -0.25) is 10.1 Å². The molecule has 0 aromatic rings. The summed E-state index contributed by atoms with van der Waals surface area (Å²) >= 11 is 5.56. The van der Waals surface area contributed by atoms with Crippen LogP contribution in [0.15, 0.2) is 0 Å². The number of rotatable bonds is 1. The minimum absolute atomic E-state index is 0.206. The number of piperidine rings is 1. The van der Waals surface area contributed by atoms with Crippen molar-refractivity contribution in [1.82, 2.24) is 10.2 Å². The fourth-order valence-electron chi connectivity index (χ4n) is 1.68. The van der Waals surface area contributed by atoms with Crippen molar-refractivity contribution >= 4 is 23.5 Å². The number of hydrogen-bond donors (Lipinski definition) is 1. The molecule has 1 aliphatic heterocycles. The highest BCUT2D eigenvalue weighted by molar-refractivity contribution is 6.31. The molecule has 4 nitrogen and oxygen atoms in total. The lowest BCUT2D eigenvalue weighted by Crippen LogP contribution is -2.50. The molecule has 15 heavy (non-hydrogen) atoms. The quantitative estimate of drug-likeness (QED) is 0.700. The van der Waals surface area contributed by atoms with Gasteiger partial charge in [0.15, 0.2) is 0 Å². The van der Waals surface area contributed by atoms with Crippen LogP contribution >= 0.6 is 11.6 Å². The van der Waals surface area contributed by atoms with E-state index in [-0.39, 0.29) is 12.1 Å². The lowest BCUT2D eigenvalue weighted by atomic mass is 10.0. The number of amides is 3. The average Bonchev–Trinajstić information content (AvgIpc) is 2.18. The lowest BCUT2D eigenvalue weighted by molar-refractivity contribution is -0.119. The zero-order valence-corrected chi connectivity index (χ0v) is 9.88. The Kier molecular flexibility index (Phi) is 4.39. The molecule has 3 amide bonds. The van der Waals surface area contributed by atoms with Gasteiger partial charge in [-0.15, -0.1) is 11.6 Å². The maximum absolute atomic E-state index is 11.7. The van der Waals surface area contributed by atoms with E-state index in [2.05, 4.69) is 5.32 Å². The zero-order valence-electron chi connectivity index (χ0n) is 9.12. The number of likely N-dealkylation sites (tertiary alicyclic amines) is 1. The van der Waals surface area contributed by atoms with E-state index in [9.17, 15) is 9.59 Å². The predicted molar refractivity (Wildman–Crippen MR) is 58.9 cm³/mol. The van der Waals surface area contributed by atoms with E-state index in [0.29, 0.717) is 0 Å². The molecule has 0 radical (unpaired) electrons. The van der Waals surface area contributed by atoms with Crippen LogP contribution < -0.4 is 5.32 Å². The van der Waals surface area contributed by atoms with Crippen LogP contribution in [0.5, 0.6) is 0 Å². The van der Waals surface area contributed by atoms with E-state index in [0.717, 1.165) is 25.8 Å². The number of alkyl halides is 1. The number of carbonyl (C=O) groups excluding carboxylic acids is 2. The van der Waals surface area contributed by atoms with Gasteiger partial charge in [0.25, 0.3) is 0 Å². The molecule has 1 heterocycles. The van der Waals surface area contributed by atoms with E-state index in [1.54, 1.807) is 11.8 Å². The van der Waals surface area contributed by atoms with Crippen molar-refractivity contribution in [3.63, 3.8) is 0 Å². The van der Waals surface area contributed by atoms with Gasteiger partial charge in [0.05, 0.1) is 0 Å². The molecule has 0 bridgehead atoms. The molecule has 0 saturated carbocycles. The molecule has 1 N–H and O–H groups in total. The molecular formula is C10H17ClN2O2.